The number of amides is 1. The number of benzene rings is 2. The Labute approximate surface area is 204 Å². The van der Waals surface area contributed by atoms with Crippen molar-refractivity contribution in [1.82, 2.24) is 19.9 Å². The maximum atomic E-state index is 13.7. The zero-order valence-corrected chi connectivity index (χ0v) is 20.5. The summed E-state index contributed by atoms with van der Waals surface area (Å²) in [6, 6.07) is 17.0. The number of nitrogens with zero attached hydrogens (tertiary/aromatic N) is 4. The summed E-state index contributed by atoms with van der Waals surface area (Å²) in [5.74, 6) is -1.26. The van der Waals surface area contributed by atoms with Crippen LogP contribution >= 0.6 is 15.9 Å². The quantitative estimate of drug-likeness (QED) is 0.265. The molecule has 0 N–H and O–H groups in total. The molecule has 2 aliphatic heterocycles. The summed E-state index contributed by atoms with van der Waals surface area (Å²) in [6.07, 6.45) is 2.17. The van der Waals surface area contributed by atoms with Crippen molar-refractivity contribution in [3.63, 3.8) is 0 Å². The molecule has 2 aromatic carbocycles. The van der Waals surface area contributed by atoms with Gasteiger partial charge in [0.15, 0.2) is 27.4 Å². The van der Waals surface area contributed by atoms with Crippen LogP contribution in [-0.2, 0) is 30.7 Å². The molecule has 2 aliphatic rings. The first kappa shape index (κ1) is 22.7. The Morgan fingerprint density at radius 2 is 1.71 bits per heavy atom. The van der Waals surface area contributed by atoms with Gasteiger partial charge in [0.25, 0.3) is 0 Å². The molecule has 0 spiro atoms. The van der Waals surface area contributed by atoms with Crippen LogP contribution in [0.25, 0.3) is 0 Å². The number of rotatable bonds is 6. The first-order valence-electron chi connectivity index (χ1n) is 10.6. The van der Waals surface area contributed by atoms with Crippen LogP contribution in [0.5, 0.6) is 0 Å². The summed E-state index contributed by atoms with van der Waals surface area (Å²) in [5, 5.41) is 6.47. The number of hydrogen-bond acceptors (Lipinski definition) is 7. The van der Waals surface area contributed by atoms with Crippen molar-refractivity contribution in [1.29, 1.82) is 0 Å². The van der Waals surface area contributed by atoms with Gasteiger partial charge in [0.1, 0.15) is 9.57 Å². The van der Waals surface area contributed by atoms with E-state index in [0.717, 1.165) is 16.0 Å². The lowest BCUT2D eigenvalue weighted by molar-refractivity contribution is -0.163. The highest BCUT2D eigenvalue weighted by molar-refractivity contribution is 9.10. The number of carbonyl (C=O) groups excluding carboxylic acids is 2. The zero-order chi connectivity index (χ0) is 24.1. The first-order valence-corrected chi connectivity index (χ1v) is 13.1. The molecule has 0 bridgehead atoms. The van der Waals surface area contributed by atoms with Gasteiger partial charge in [-0.15, -0.1) is 5.10 Å². The van der Waals surface area contributed by atoms with Gasteiger partial charge in [0.2, 0.25) is 5.91 Å². The Bertz CT molecular complexity index is 1280. The molecule has 3 aromatic rings. The smallest absolute Gasteiger partial charge is 0.331 e. The lowest BCUT2D eigenvalue weighted by atomic mass is 9.95. The molecule has 1 amide bonds. The minimum atomic E-state index is -3.98. The number of aromatic nitrogens is 3. The molecule has 1 aromatic heterocycles. The summed E-state index contributed by atoms with van der Waals surface area (Å²) in [4.78, 5) is 26.7. The van der Waals surface area contributed by atoms with Gasteiger partial charge >= 0.3 is 5.97 Å². The lowest BCUT2D eigenvalue weighted by Gasteiger charge is -2.40. The summed E-state index contributed by atoms with van der Waals surface area (Å²) < 4.78 is 32.9. The highest BCUT2D eigenvalue weighted by Gasteiger charge is 2.73. The topological polar surface area (TPSA) is 111 Å². The minimum absolute atomic E-state index is 0.156. The Kier molecular flexibility index (Phi) is 5.56. The maximum absolute atomic E-state index is 13.7. The Balaban J connectivity index is 1.55. The second kappa shape index (κ2) is 8.31. The van der Waals surface area contributed by atoms with E-state index in [9.17, 15) is 18.0 Å². The van der Waals surface area contributed by atoms with E-state index in [4.69, 9.17) is 4.74 Å². The highest BCUT2D eigenvalue weighted by Crippen LogP contribution is 2.49. The summed E-state index contributed by atoms with van der Waals surface area (Å²) in [7, 11) is -3.98. The molecule has 176 valence electrons. The number of fused-ring (bicyclic) bond motifs is 1. The number of ether oxygens (including phenoxy) is 1. The van der Waals surface area contributed by atoms with E-state index in [1.807, 2.05) is 60.7 Å². The van der Waals surface area contributed by atoms with E-state index in [0.29, 0.717) is 0 Å². The van der Waals surface area contributed by atoms with E-state index < -0.39 is 48.8 Å². The summed E-state index contributed by atoms with van der Waals surface area (Å²) >= 11 is 3.18. The van der Waals surface area contributed by atoms with Gasteiger partial charge in [-0.05, 0) is 18.1 Å². The fraction of sp³-hybridized carbons (Fsp3) is 0.304. The molecule has 3 heterocycles. The third kappa shape index (κ3) is 3.37. The van der Waals surface area contributed by atoms with Crippen LogP contribution in [0.2, 0.25) is 0 Å². The summed E-state index contributed by atoms with van der Waals surface area (Å²) in [6.45, 7) is 1.30. The number of esters is 1. The number of carbonyl (C=O) groups is 2. The summed E-state index contributed by atoms with van der Waals surface area (Å²) in [5.41, 5.74) is 1.46. The SMILES string of the molecule is C[C@]1(Cn2ccnn2)[C@H](C(=O)OC(c2ccccc2)c2ccccc2)N2C(=O)[C@@H](Br)C2S1(=O)=O. The Hall–Kier alpha value is -3.05. The molecule has 5 rings (SSSR count). The second-order valence-corrected chi connectivity index (χ2v) is 12.0. The molecule has 34 heavy (non-hydrogen) atoms. The molecule has 9 nitrogen and oxygen atoms in total. The van der Waals surface area contributed by atoms with Gasteiger partial charge in [-0.25, -0.2) is 13.2 Å². The van der Waals surface area contributed by atoms with E-state index >= 15 is 0 Å². The molecule has 1 unspecified atom stereocenters. The van der Waals surface area contributed by atoms with E-state index in [2.05, 4.69) is 26.2 Å². The van der Waals surface area contributed by atoms with Crippen molar-refractivity contribution in [2.75, 3.05) is 0 Å². The predicted molar refractivity (Wildman–Crippen MR) is 125 cm³/mol. The van der Waals surface area contributed by atoms with Crippen molar-refractivity contribution < 1.29 is 22.7 Å². The fourth-order valence-electron chi connectivity index (χ4n) is 4.70. The standard InChI is InChI=1S/C23H21BrN4O5S/c1-23(14-27-13-12-25-26-27)19(28-20(29)17(24)21(28)34(23,31)32)22(30)33-18(15-8-4-2-5-9-15)16-10-6-3-7-11-16/h2-13,17-19,21H,14H2,1H3/t17-,19+,21?,23+/m1/s1. The van der Waals surface area contributed by atoms with Crippen molar-refractivity contribution in [2.45, 2.75) is 40.6 Å². The molecule has 0 aliphatic carbocycles. The largest absolute Gasteiger partial charge is 0.451 e. The number of sulfone groups is 1. The van der Waals surface area contributed by atoms with E-state index in [1.165, 1.54) is 24.0 Å². The molecular formula is C23H21BrN4O5S. The monoisotopic (exact) mass is 544 g/mol. The van der Waals surface area contributed by atoms with Crippen LogP contribution in [0.3, 0.4) is 0 Å². The van der Waals surface area contributed by atoms with Crippen molar-refractivity contribution in [2.24, 2.45) is 0 Å². The van der Waals surface area contributed by atoms with Gasteiger partial charge in [-0.1, -0.05) is 81.8 Å². The normalized spacial score (nSPS) is 27.3. The number of alkyl halides is 1. The molecule has 0 radical (unpaired) electrons. The van der Waals surface area contributed by atoms with Crippen LogP contribution in [0.1, 0.15) is 24.2 Å². The van der Waals surface area contributed by atoms with Crippen LogP contribution in [0.4, 0.5) is 0 Å². The average Bonchev–Trinajstić information content (AvgIpc) is 3.40. The fourth-order valence-corrected chi connectivity index (χ4v) is 8.38. The van der Waals surface area contributed by atoms with Gasteiger partial charge in [-0.2, -0.15) is 0 Å². The molecule has 2 saturated heterocycles. The highest BCUT2D eigenvalue weighted by atomic mass is 79.9. The number of β-lactam (4-membered cyclic amide) rings is 1. The van der Waals surface area contributed by atoms with Crippen LogP contribution in [0.15, 0.2) is 73.1 Å². The maximum Gasteiger partial charge on any atom is 0.331 e. The molecule has 0 saturated carbocycles. The van der Waals surface area contributed by atoms with Crippen molar-refractivity contribution in [3.8, 4) is 0 Å². The van der Waals surface area contributed by atoms with Crippen LogP contribution < -0.4 is 0 Å². The van der Waals surface area contributed by atoms with Crippen molar-refractivity contribution in [3.05, 3.63) is 84.2 Å². The van der Waals surface area contributed by atoms with Gasteiger partial charge < -0.3 is 9.64 Å². The van der Waals surface area contributed by atoms with Gasteiger partial charge in [0, 0.05) is 6.20 Å². The Morgan fingerprint density at radius 3 is 2.24 bits per heavy atom. The van der Waals surface area contributed by atoms with Crippen LogP contribution in [-0.4, -0.2) is 61.2 Å². The minimum Gasteiger partial charge on any atom is -0.451 e. The predicted octanol–water partition coefficient (Wildman–Crippen LogP) is 2.10. The van der Waals surface area contributed by atoms with E-state index in [1.54, 1.807) is 0 Å². The third-order valence-electron chi connectivity index (χ3n) is 6.45. The molecule has 4 atom stereocenters. The zero-order valence-electron chi connectivity index (χ0n) is 18.1. The van der Waals surface area contributed by atoms with Crippen molar-refractivity contribution >= 4 is 37.6 Å². The average molecular weight is 545 g/mol. The molecule has 2 fully saturated rings. The lowest BCUT2D eigenvalue weighted by Crippen LogP contribution is -2.64. The Morgan fingerprint density at radius 1 is 1.12 bits per heavy atom. The molecule has 11 heteroatoms. The second-order valence-electron chi connectivity index (χ2n) is 8.54. The van der Waals surface area contributed by atoms with Gasteiger partial charge in [0.05, 0.1) is 12.7 Å². The van der Waals surface area contributed by atoms with E-state index in [-0.39, 0.29) is 6.54 Å². The number of hydrogen-bond donors (Lipinski definition) is 0. The van der Waals surface area contributed by atoms with Gasteiger partial charge in [-0.3, -0.25) is 9.48 Å². The third-order valence-corrected chi connectivity index (χ3v) is 10.5. The first-order chi connectivity index (χ1) is 16.3. The molecular weight excluding hydrogens is 524 g/mol. The number of halogens is 1. The van der Waals surface area contributed by atoms with Crippen LogP contribution in [0, 0.1) is 0 Å².